The summed E-state index contributed by atoms with van der Waals surface area (Å²) >= 11 is 0. The van der Waals surface area contributed by atoms with E-state index < -0.39 is 36.1 Å². The van der Waals surface area contributed by atoms with Gasteiger partial charge in [-0.05, 0) is 6.92 Å². The molecule has 0 spiro atoms. The van der Waals surface area contributed by atoms with Crippen molar-refractivity contribution in [2.75, 3.05) is 6.54 Å². The molecular formula is C10H17N3O5. The molecule has 1 rings (SSSR count). The highest BCUT2D eigenvalue weighted by atomic mass is 16.4. The predicted molar refractivity (Wildman–Crippen MR) is 60.6 cm³/mol. The van der Waals surface area contributed by atoms with Crippen LogP contribution in [0.2, 0.25) is 0 Å². The van der Waals surface area contributed by atoms with Crippen LogP contribution in [0, 0.1) is 0 Å². The Morgan fingerprint density at radius 3 is 2.61 bits per heavy atom. The maximum absolute atomic E-state index is 11.8. The molecule has 0 radical (unpaired) electrons. The first-order chi connectivity index (χ1) is 8.31. The van der Waals surface area contributed by atoms with Crippen molar-refractivity contribution < 1.29 is 24.6 Å². The van der Waals surface area contributed by atoms with Crippen LogP contribution in [-0.2, 0) is 9.59 Å². The number of nitrogens with two attached hydrogens (primary N) is 1. The van der Waals surface area contributed by atoms with Crippen LogP contribution in [0.15, 0.2) is 0 Å². The first-order valence-electron chi connectivity index (χ1n) is 5.57. The summed E-state index contributed by atoms with van der Waals surface area (Å²) < 4.78 is 0. The number of carbonyl (C=O) groups is 3. The van der Waals surface area contributed by atoms with Gasteiger partial charge in [0.25, 0.3) is 0 Å². The van der Waals surface area contributed by atoms with Gasteiger partial charge in [-0.1, -0.05) is 0 Å². The fourth-order valence-electron chi connectivity index (χ4n) is 1.92. The Labute approximate surface area is 104 Å². The number of nitrogens with zero attached hydrogens (tertiary/aromatic N) is 1. The highest BCUT2D eigenvalue weighted by Crippen LogP contribution is 2.18. The van der Waals surface area contributed by atoms with E-state index in [0.29, 0.717) is 0 Å². The van der Waals surface area contributed by atoms with Gasteiger partial charge in [-0.25, -0.2) is 9.59 Å². The number of hydrogen-bond donors (Lipinski definition) is 4. The second-order valence-electron chi connectivity index (χ2n) is 4.42. The maximum Gasteiger partial charge on any atom is 0.326 e. The minimum Gasteiger partial charge on any atom is -0.480 e. The molecule has 0 aromatic rings. The van der Waals surface area contributed by atoms with Crippen LogP contribution in [-0.4, -0.2) is 57.8 Å². The third-order valence-corrected chi connectivity index (χ3v) is 2.70. The predicted octanol–water partition coefficient (Wildman–Crippen LogP) is -1.52. The average Bonchev–Trinajstić information content (AvgIpc) is 2.58. The van der Waals surface area contributed by atoms with Crippen molar-refractivity contribution in [3.63, 3.8) is 0 Å². The number of carbonyl (C=O) groups excluding carboxylic acids is 2. The average molecular weight is 259 g/mol. The molecule has 0 aliphatic carbocycles. The van der Waals surface area contributed by atoms with Crippen molar-refractivity contribution in [2.24, 2.45) is 5.73 Å². The van der Waals surface area contributed by atoms with Gasteiger partial charge in [-0.15, -0.1) is 0 Å². The Morgan fingerprint density at radius 2 is 2.11 bits per heavy atom. The van der Waals surface area contributed by atoms with E-state index in [1.165, 1.54) is 0 Å². The molecular weight excluding hydrogens is 242 g/mol. The fraction of sp³-hybridized carbons (Fsp3) is 0.700. The summed E-state index contributed by atoms with van der Waals surface area (Å²) in [6, 6.07) is -2.14. The number of urea groups is 1. The summed E-state index contributed by atoms with van der Waals surface area (Å²) in [5.74, 6) is -1.72. The molecule has 1 aliphatic heterocycles. The fourth-order valence-corrected chi connectivity index (χ4v) is 1.92. The third kappa shape index (κ3) is 3.59. The third-order valence-electron chi connectivity index (χ3n) is 2.70. The van der Waals surface area contributed by atoms with E-state index in [2.05, 4.69) is 5.32 Å². The monoisotopic (exact) mass is 259 g/mol. The molecule has 8 heteroatoms. The number of aliphatic carboxylic acids is 1. The zero-order valence-electron chi connectivity index (χ0n) is 10.00. The van der Waals surface area contributed by atoms with Crippen LogP contribution >= 0.6 is 0 Å². The number of amides is 3. The van der Waals surface area contributed by atoms with E-state index in [0.717, 1.165) is 4.90 Å². The van der Waals surface area contributed by atoms with Gasteiger partial charge in [0.15, 0.2) is 0 Å². The Hall–Kier alpha value is -1.83. The number of β-amino-alcohol motifs (C(OH)–C–C–N with tert-alkyl or cyclic N) is 1. The summed E-state index contributed by atoms with van der Waals surface area (Å²) in [4.78, 5) is 34.4. The first-order valence-corrected chi connectivity index (χ1v) is 5.57. The zero-order chi connectivity index (χ0) is 13.9. The van der Waals surface area contributed by atoms with Crippen molar-refractivity contribution in [3.05, 3.63) is 0 Å². The standard InChI is InChI=1S/C10H17N3O5/c1-5(2-8(11)15)12-10(18)13-4-6(14)3-7(13)9(16)17/h5-7,14H,2-4H2,1H3,(H2,11,15)(H,12,18)(H,16,17)/t5?,6-,7-/m0/s1. The molecule has 1 unspecified atom stereocenters. The van der Waals surface area contributed by atoms with E-state index in [4.69, 9.17) is 10.8 Å². The first kappa shape index (κ1) is 14.2. The lowest BCUT2D eigenvalue weighted by Gasteiger charge is -2.23. The van der Waals surface area contributed by atoms with Crippen LogP contribution < -0.4 is 11.1 Å². The lowest BCUT2D eigenvalue weighted by Crippen LogP contribution is -2.49. The molecule has 0 aromatic heterocycles. The number of nitrogens with one attached hydrogen (secondary N) is 1. The number of aliphatic hydroxyl groups is 1. The van der Waals surface area contributed by atoms with E-state index in [1.807, 2.05) is 0 Å². The van der Waals surface area contributed by atoms with Crippen molar-refractivity contribution in [1.29, 1.82) is 0 Å². The highest BCUT2D eigenvalue weighted by Gasteiger charge is 2.39. The van der Waals surface area contributed by atoms with Crippen molar-refractivity contribution in [3.8, 4) is 0 Å². The molecule has 1 saturated heterocycles. The Bertz CT molecular complexity index is 359. The second kappa shape index (κ2) is 5.67. The van der Waals surface area contributed by atoms with Gasteiger partial charge in [0.05, 0.1) is 6.10 Å². The van der Waals surface area contributed by atoms with Crippen LogP contribution in [0.3, 0.4) is 0 Å². The van der Waals surface area contributed by atoms with Crippen LogP contribution in [0.4, 0.5) is 4.79 Å². The van der Waals surface area contributed by atoms with Crippen LogP contribution in [0.1, 0.15) is 19.8 Å². The number of aliphatic hydroxyl groups excluding tert-OH is 1. The van der Waals surface area contributed by atoms with Crippen LogP contribution in [0.25, 0.3) is 0 Å². The number of rotatable bonds is 4. The Balaban J connectivity index is 2.60. The minimum absolute atomic E-state index is 0.00690. The smallest absolute Gasteiger partial charge is 0.326 e. The topological polar surface area (TPSA) is 133 Å². The van der Waals surface area contributed by atoms with Crippen LogP contribution in [0.5, 0.6) is 0 Å². The van der Waals surface area contributed by atoms with Crippen molar-refractivity contribution in [1.82, 2.24) is 10.2 Å². The van der Waals surface area contributed by atoms with Crippen molar-refractivity contribution >= 4 is 17.9 Å². The summed E-state index contributed by atoms with van der Waals surface area (Å²) in [6.45, 7) is 1.55. The number of primary amides is 1. The second-order valence-corrected chi connectivity index (χ2v) is 4.42. The van der Waals surface area contributed by atoms with Gasteiger partial charge in [0, 0.05) is 25.4 Å². The SMILES string of the molecule is CC(CC(N)=O)NC(=O)N1C[C@@H](O)C[C@H]1C(=O)O. The molecule has 1 aliphatic rings. The molecule has 3 atom stereocenters. The molecule has 18 heavy (non-hydrogen) atoms. The molecule has 1 fully saturated rings. The molecule has 8 nitrogen and oxygen atoms in total. The maximum atomic E-state index is 11.8. The highest BCUT2D eigenvalue weighted by molar-refractivity contribution is 5.84. The van der Waals surface area contributed by atoms with E-state index in [-0.39, 0.29) is 19.4 Å². The quantitative estimate of drug-likeness (QED) is 0.486. The molecule has 0 aromatic carbocycles. The Kier molecular flexibility index (Phi) is 4.49. The lowest BCUT2D eigenvalue weighted by atomic mass is 10.2. The molecule has 3 amide bonds. The van der Waals surface area contributed by atoms with E-state index in [9.17, 15) is 19.5 Å². The number of likely N-dealkylation sites (tertiary alicyclic amines) is 1. The van der Waals surface area contributed by atoms with Gasteiger partial charge in [0.1, 0.15) is 6.04 Å². The van der Waals surface area contributed by atoms with Gasteiger partial charge in [-0.3, -0.25) is 4.79 Å². The van der Waals surface area contributed by atoms with E-state index in [1.54, 1.807) is 6.92 Å². The summed E-state index contributed by atoms with van der Waals surface area (Å²) in [7, 11) is 0. The molecule has 0 bridgehead atoms. The molecule has 0 saturated carbocycles. The van der Waals surface area contributed by atoms with Gasteiger partial charge >= 0.3 is 12.0 Å². The van der Waals surface area contributed by atoms with Gasteiger partial charge in [-0.2, -0.15) is 0 Å². The minimum atomic E-state index is -1.16. The summed E-state index contributed by atoms with van der Waals surface area (Å²) in [5, 5.41) is 20.8. The van der Waals surface area contributed by atoms with E-state index >= 15 is 0 Å². The number of hydrogen-bond acceptors (Lipinski definition) is 4. The molecule has 1 heterocycles. The van der Waals surface area contributed by atoms with Gasteiger partial charge in [0.2, 0.25) is 5.91 Å². The summed E-state index contributed by atoms with van der Waals surface area (Å²) in [6.07, 6.45) is -0.865. The van der Waals surface area contributed by atoms with Gasteiger partial charge < -0.3 is 26.2 Å². The van der Waals surface area contributed by atoms with Crippen molar-refractivity contribution in [2.45, 2.75) is 38.0 Å². The number of carboxylic acid groups (broad SMARTS) is 1. The largest absolute Gasteiger partial charge is 0.480 e. The summed E-state index contributed by atoms with van der Waals surface area (Å²) in [5.41, 5.74) is 4.98. The molecule has 102 valence electrons. The normalized spacial score (nSPS) is 24.7. The Morgan fingerprint density at radius 1 is 1.50 bits per heavy atom. The zero-order valence-corrected chi connectivity index (χ0v) is 10.00. The lowest BCUT2D eigenvalue weighted by molar-refractivity contribution is -0.141. The molecule has 5 N–H and O–H groups in total. The number of carboxylic acids is 1.